The van der Waals surface area contributed by atoms with Crippen LogP contribution >= 0.6 is 0 Å². The zero-order valence-corrected chi connectivity index (χ0v) is 18.1. The van der Waals surface area contributed by atoms with Crippen molar-refractivity contribution in [1.29, 1.82) is 0 Å². The molecule has 0 radical (unpaired) electrons. The van der Waals surface area contributed by atoms with Crippen LogP contribution in [0.4, 0.5) is 0 Å². The number of rotatable bonds is 10. The van der Waals surface area contributed by atoms with Crippen LogP contribution in [0.5, 0.6) is 0 Å². The number of benzene rings is 2. The summed E-state index contributed by atoms with van der Waals surface area (Å²) in [5, 5.41) is 0. The number of allylic oxidation sites excluding steroid dienone is 1. The molecule has 0 saturated carbocycles. The third-order valence-electron chi connectivity index (χ3n) is 5.25. The van der Waals surface area contributed by atoms with Crippen LogP contribution in [-0.2, 0) is 12.8 Å². The topological polar surface area (TPSA) is 0 Å². The van der Waals surface area contributed by atoms with Crippen LogP contribution in [0.15, 0.2) is 72.8 Å². The number of hydrogen-bond donors (Lipinski definition) is 0. The SMILES string of the molecule is C=C(Cc1ccccc1)C(CCC)CCC.CCC(C)Cc1ccccc1. The van der Waals surface area contributed by atoms with Crippen molar-refractivity contribution in [2.45, 2.75) is 72.6 Å². The third-order valence-corrected chi connectivity index (χ3v) is 5.25. The highest BCUT2D eigenvalue weighted by molar-refractivity contribution is 5.21. The lowest BCUT2D eigenvalue weighted by molar-refractivity contribution is 0.497. The zero-order valence-electron chi connectivity index (χ0n) is 18.1. The highest BCUT2D eigenvalue weighted by Gasteiger charge is 2.10. The van der Waals surface area contributed by atoms with Crippen molar-refractivity contribution < 1.29 is 0 Å². The molecule has 0 saturated heterocycles. The third kappa shape index (κ3) is 10.2. The van der Waals surface area contributed by atoms with Crippen molar-refractivity contribution in [3.63, 3.8) is 0 Å². The second kappa shape index (κ2) is 14.3. The molecule has 0 amide bonds. The van der Waals surface area contributed by atoms with E-state index in [1.807, 2.05) is 0 Å². The van der Waals surface area contributed by atoms with Crippen molar-refractivity contribution in [3.05, 3.63) is 83.9 Å². The van der Waals surface area contributed by atoms with Gasteiger partial charge in [-0.2, -0.15) is 0 Å². The lowest BCUT2D eigenvalue weighted by Gasteiger charge is -2.18. The molecule has 27 heavy (non-hydrogen) atoms. The van der Waals surface area contributed by atoms with Gasteiger partial charge >= 0.3 is 0 Å². The predicted molar refractivity (Wildman–Crippen MR) is 122 cm³/mol. The Balaban J connectivity index is 0.000000289. The van der Waals surface area contributed by atoms with Gasteiger partial charge in [-0.05, 0) is 48.6 Å². The summed E-state index contributed by atoms with van der Waals surface area (Å²) in [6, 6.07) is 21.4. The van der Waals surface area contributed by atoms with Crippen molar-refractivity contribution in [2.75, 3.05) is 0 Å². The van der Waals surface area contributed by atoms with Crippen LogP contribution < -0.4 is 0 Å². The van der Waals surface area contributed by atoms with Crippen LogP contribution in [0.3, 0.4) is 0 Å². The second-order valence-corrected chi connectivity index (χ2v) is 7.80. The van der Waals surface area contributed by atoms with E-state index in [2.05, 4.69) is 94.9 Å². The van der Waals surface area contributed by atoms with Crippen LogP contribution in [0.2, 0.25) is 0 Å². The molecule has 2 aromatic carbocycles. The van der Waals surface area contributed by atoms with E-state index in [0.29, 0.717) is 0 Å². The van der Waals surface area contributed by atoms with Gasteiger partial charge in [0.05, 0.1) is 0 Å². The number of hydrogen-bond acceptors (Lipinski definition) is 0. The minimum Gasteiger partial charge on any atom is -0.0992 e. The van der Waals surface area contributed by atoms with E-state index >= 15 is 0 Å². The molecule has 0 heteroatoms. The molecule has 1 unspecified atom stereocenters. The molecule has 0 heterocycles. The summed E-state index contributed by atoms with van der Waals surface area (Å²) < 4.78 is 0. The summed E-state index contributed by atoms with van der Waals surface area (Å²) in [6.07, 6.45) is 8.65. The lowest BCUT2D eigenvalue weighted by Crippen LogP contribution is -2.05. The fourth-order valence-corrected chi connectivity index (χ4v) is 3.41. The average Bonchev–Trinajstić information content (AvgIpc) is 2.70. The Bertz CT molecular complexity index is 590. The van der Waals surface area contributed by atoms with Gasteiger partial charge in [0.2, 0.25) is 0 Å². The van der Waals surface area contributed by atoms with Gasteiger partial charge < -0.3 is 0 Å². The molecule has 148 valence electrons. The fourth-order valence-electron chi connectivity index (χ4n) is 3.41. The summed E-state index contributed by atoms with van der Waals surface area (Å²) in [5.41, 5.74) is 4.27. The monoisotopic (exact) mass is 364 g/mol. The van der Waals surface area contributed by atoms with E-state index < -0.39 is 0 Å². The predicted octanol–water partition coefficient (Wildman–Crippen LogP) is 8.28. The maximum absolute atomic E-state index is 4.29. The first-order chi connectivity index (χ1) is 13.1. The Morgan fingerprint density at radius 1 is 0.778 bits per heavy atom. The fraction of sp³-hybridized carbons (Fsp3) is 0.481. The quantitative estimate of drug-likeness (QED) is 0.372. The van der Waals surface area contributed by atoms with Crippen LogP contribution in [-0.4, -0.2) is 0 Å². The normalized spacial score (nSPS) is 11.6. The summed E-state index contributed by atoms with van der Waals surface area (Å²) in [5.74, 6) is 1.53. The van der Waals surface area contributed by atoms with E-state index in [9.17, 15) is 0 Å². The molecule has 0 fully saturated rings. The summed E-state index contributed by atoms with van der Waals surface area (Å²) in [4.78, 5) is 0. The second-order valence-electron chi connectivity index (χ2n) is 7.80. The van der Waals surface area contributed by atoms with Gasteiger partial charge in [0.15, 0.2) is 0 Å². The highest BCUT2D eigenvalue weighted by Crippen LogP contribution is 2.24. The smallest absolute Gasteiger partial charge is 0.00670 e. The molecule has 0 aliphatic rings. The standard InChI is InChI=1S/C16H24.C11H16/c1-4-9-16(10-5-2)14(3)13-15-11-7-6-8-12-15;1-3-10(2)9-11-7-5-4-6-8-11/h6-8,11-12,16H,3-5,9-10,13H2,1-2H3;4-8,10H,3,9H2,1-2H3. The van der Waals surface area contributed by atoms with Crippen LogP contribution in [0.25, 0.3) is 0 Å². The minimum atomic E-state index is 0.718. The van der Waals surface area contributed by atoms with E-state index in [4.69, 9.17) is 0 Å². The summed E-state index contributed by atoms with van der Waals surface area (Å²) >= 11 is 0. The van der Waals surface area contributed by atoms with E-state index in [0.717, 1.165) is 18.3 Å². The van der Waals surface area contributed by atoms with Crippen molar-refractivity contribution in [2.24, 2.45) is 11.8 Å². The van der Waals surface area contributed by atoms with Crippen LogP contribution in [0, 0.1) is 11.8 Å². The molecule has 0 spiro atoms. The summed E-state index contributed by atoms with van der Waals surface area (Å²) in [7, 11) is 0. The molecule has 0 aromatic heterocycles. The van der Waals surface area contributed by atoms with Crippen LogP contribution in [0.1, 0.15) is 70.9 Å². The maximum atomic E-state index is 4.29. The molecule has 2 rings (SSSR count). The van der Waals surface area contributed by atoms with E-state index in [1.54, 1.807) is 0 Å². The van der Waals surface area contributed by atoms with Crippen molar-refractivity contribution in [3.8, 4) is 0 Å². The minimum absolute atomic E-state index is 0.718. The summed E-state index contributed by atoms with van der Waals surface area (Å²) in [6.45, 7) is 13.4. The Hall–Kier alpha value is -1.82. The zero-order chi connectivity index (χ0) is 19.9. The van der Waals surface area contributed by atoms with Gasteiger partial charge in [-0.25, -0.2) is 0 Å². The first-order valence-electron chi connectivity index (χ1n) is 10.9. The Morgan fingerprint density at radius 3 is 1.70 bits per heavy atom. The van der Waals surface area contributed by atoms with E-state index in [1.165, 1.54) is 55.2 Å². The molecule has 0 aliphatic heterocycles. The van der Waals surface area contributed by atoms with Gasteiger partial charge in [-0.15, -0.1) is 0 Å². The Labute approximate surface area is 168 Å². The Kier molecular flexibility index (Phi) is 12.3. The Morgan fingerprint density at radius 2 is 1.26 bits per heavy atom. The first kappa shape index (κ1) is 23.2. The highest BCUT2D eigenvalue weighted by atomic mass is 14.2. The molecular formula is C27H40. The lowest BCUT2D eigenvalue weighted by atomic mass is 9.87. The van der Waals surface area contributed by atoms with Gasteiger partial charge in [0.1, 0.15) is 0 Å². The largest absolute Gasteiger partial charge is 0.0992 e. The molecule has 1 atom stereocenters. The molecule has 0 aliphatic carbocycles. The first-order valence-corrected chi connectivity index (χ1v) is 10.9. The van der Waals surface area contributed by atoms with Crippen molar-refractivity contribution in [1.82, 2.24) is 0 Å². The van der Waals surface area contributed by atoms with Gasteiger partial charge in [0, 0.05) is 0 Å². The molecule has 2 aromatic rings. The molecular weight excluding hydrogens is 324 g/mol. The van der Waals surface area contributed by atoms with Gasteiger partial charge in [-0.1, -0.05) is 120 Å². The molecule has 0 bridgehead atoms. The molecule has 0 nitrogen and oxygen atoms in total. The van der Waals surface area contributed by atoms with Gasteiger partial charge in [0.25, 0.3) is 0 Å². The molecule has 0 N–H and O–H groups in total. The van der Waals surface area contributed by atoms with E-state index in [-0.39, 0.29) is 0 Å². The van der Waals surface area contributed by atoms with Crippen molar-refractivity contribution >= 4 is 0 Å². The average molecular weight is 365 g/mol. The van der Waals surface area contributed by atoms with Gasteiger partial charge in [-0.3, -0.25) is 0 Å². The maximum Gasteiger partial charge on any atom is -0.00670 e.